The molecular formula is C15H24ClN3O. The van der Waals surface area contributed by atoms with Crippen molar-refractivity contribution in [3.63, 3.8) is 0 Å². The van der Waals surface area contributed by atoms with Crippen molar-refractivity contribution in [2.45, 2.75) is 39.3 Å². The molecule has 112 valence electrons. The smallest absolute Gasteiger partial charge is 0.213 e. The quantitative estimate of drug-likeness (QED) is 0.760. The van der Waals surface area contributed by atoms with Gasteiger partial charge in [0.05, 0.1) is 5.02 Å². The molecule has 20 heavy (non-hydrogen) atoms. The van der Waals surface area contributed by atoms with Gasteiger partial charge in [-0.25, -0.2) is 4.98 Å². The Morgan fingerprint density at radius 1 is 1.40 bits per heavy atom. The molecule has 0 aromatic carbocycles. The van der Waals surface area contributed by atoms with Crippen LogP contribution in [0.5, 0.6) is 5.88 Å². The third-order valence-electron chi connectivity index (χ3n) is 3.62. The van der Waals surface area contributed by atoms with E-state index in [9.17, 15) is 0 Å². The zero-order valence-electron chi connectivity index (χ0n) is 12.4. The van der Waals surface area contributed by atoms with Gasteiger partial charge in [-0.05, 0) is 31.5 Å². The van der Waals surface area contributed by atoms with Crippen LogP contribution in [0, 0.1) is 0 Å². The lowest BCUT2D eigenvalue weighted by Gasteiger charge is -2.18. The largest absolute Gasteiger partial charge is 0.476 e. The van der Waals surface area contributed by atoms with E-state index in [0.29, 0.717) is 23.6 Å². The Labute approximate surface area is 126 Å². The van der Waals surface area contributed by atoms with Crippen molar-refractivity contribution in [1.82, 2.24) is 15.2 Å². The number of halogens is 1. The summed E-state index contributed by atoms with van der Waals surface area (Å²) < 4.78 is 5.72. The van der Waals surface area contributed by atoms with Gasteiger partial charge in [0, 0.05) is 31.4 Å². The first-order valence-electron chi connectivity index (χ1n) is 7.45. The van der Waals surface area contributed by atoms with Crippen molar-refractivity contribution >= 4 is 11.6 Å². The van der Waals surface area contributed by atoms with E-state index in [2.05, 4.69) is 29.0 Å². The molecule has 1 fully saturated rings. The highest BCUT2D eigenvalue weighted by Gasteiger charge is 2.20. The molecule has 0 unspecified atom stereocenters. The van der Waals surface area contributed by atoms with Gasteiger partial charge < -0.3 is 15.0 Å². The number of ether oxygens (including phenoxy) is 1. The van der Waals surface area contributed by atoms with E-state index in [4.69, 9.17) is 16.3 Å². The minimum Gasteiger partial charge on any atom is -0.476 e. The molecule has 1 aromatic heterocycles. The first kappa shape index (κ1) is 15.5. The van der Waals surface area contributed by atoms with E-state index < -0.39 is 0 Å². The van der Waals surface area contributed by atoms with Gasteiger partial charge in [0.15, 0.2) is 0 Å². The van der Waals surface area contributed by atoms with Crippen molar-refractivity contribution < 1.29 is 4.74 Å². The molecule has 1 aliphatic rings. The maximum Gasteiger partial charge on any atom is 0.213 e. The van der Waals surface area contributed by atoms with Gasteiger partial charge in [0.25, 0.3) is 0 Å². The van der Waals surface area contributed by atoms with Gasteiger partial charge in [-0.15, -0.1) is 0 Å². The standard InChI is InChI=1S/C15H24ClN3O/c1-3-19(4-2)7-8-20-15-9-12(14(16)11-18-15)10-17-13-5-6-13/h9,11,13,17H,3-8,10H2,1-2H3. The summed E-state index contributed by atoms with van der Waals surface area (Å²) in [7, 11) is 0. The Morgan fingerprint density at radius 3 is 2.80 bits per heavy atom. The van der Waals surface area contributed by atoms with E-state index in [1.165, 1.54) is 12.8 Å². The van der Waals surface area contributed by atoms with Crippen molar-refractivity contribution in [2.75, 3.05) is 26.2 Å². The minimum atomic E-state index is 0.659. The van der Waals surface area contributed by atoms with Crippen LogP contribution in [0.15, 0.2) is 12.3 Å². The molecule has 0 saturated heterocycles. The molecule has 1 N–H and O–H groups in total. The highest BCUT2D eigenvalue weighted by molar-refractivity contribution is 6.31. The Morgan fingerprint density at radius 2 is 2.15 bits per heavy atom. The molecule has 4 nitrogen and oxygen atoms in total. The summed E-state index contributed by atoms with van der Waals surface area (Å²) in [6, 6.07) is 2.62. The van der Waals surface area contributed by atoms with Crippen molar-refractivity contribution in [1.29, 1.82) is 0 Å². The van der Waals surface area contributed by atoms with E-state index in [0.717, 1.165) is 31.7 Å². The lowest BCUT2D eigenvalue weighted by atomic mass is 10.2. The second-order valence-electron chi connectivity index (χ2n) is 5.14. The predicted octanol–water partition coefficient (Wildman–Crippen LogP) is 2.71. The van der Waals surface area contributed by atoms with Gasteiger partial charge in [-0.3, -0.25) is 0 Å². The SMILES string of the molecule is CCN(CC)CCOc1cc(CNC2CC2)c(Cl)cn1. The fourth-order valence-corrected chi connectivity index (χ4v) is 2.20. The van der Waals surface area contributed by atoms with Gasteiger partial charge in [-0.2, -0.15) is 0 Å². The van der Waals surface area contributed by atoms with Crippen molar-refractivity contribution in [3.05, 3.63) is 22.8 Å². The topological polar surface area (TPSA) is 37.4 Å². The third kappa shape index (κ3) is 4.93. The monoisotopic (exact) mass is 297 g/mol. The number of rotatable bonds is 9. The summed E-state index contributed by atoms with van der Waals surface area (Å²) in [5.41, 5.74) is 1.06. The Hall–Kier alpha value is -0.840. The summed E-state index contributed by atoms with van der Waals surface area (Å²) in [4.78, 5) is 6.55. The molecule has 5 heteroatoms. The first-order valence-corrected chi connectivity index (χ1v) is 7.83. The number of hydrogen-bond donors (Lipinski definition) is 1. The lowest BCUT2D eigenvalue weighted by molar-refractivity contribution is 0.218. The number of likely N-dealkylation sites (N-methyl/N-ethyl adjacent to an activating group) is 1. The highest BCUT2D eigenvalue weighted by Crippen LogP contribution is 2.23. The zero-order valence-corrected chi connectivity index (χ0v) is 13.1. The summed E-state index contributed by atoms with van der Waals surface area (Å²) in [6.45, 7) is 8.78. The van der Waals surface area contributed by atoms with Gasteiger partial charge in [0.2, 0.25) is 5.88 Å². The normalized spacial score (nSPS) is 14.8. The molecule has 0 atom stereocenters. The summed E-state index contributed by atoms with van der Waals surface area (Å²) >= 11 is 6.16. The maximum absolute atomic E-state index is 6.16. The van der Waals surface area contributed by atoms with E-state index >= 15 is 0 Å². The zero-order chi connectivity index (χ0) is 14.4. The van der Waals surface area contributed by atoms with E-state index in [1.54, 1.807) is 6.20 Å². The van der Waals surface area contributed by atoms with Gasteiger partial charge in [0.1, 0.15) is 6.61 Å². The summed E-state index contributed by atoms with van der Waals surface area (Å²) in [5, 5.41) is 4.16. The Balaban J connectivity index is 1.82. The van der Waals surface area contributed by atoms with E-state index in [1.807, 2.05) is 6.07 Å². The number of hydrogen-bond acceptors (Lipinski definition) is 4. The van der Waals surface area contributed by atoms with Crippen LogP contribution in [0.3, 0.4) is 0 Å². The molecule has 2 rings (SSSR count). The molecule has 0 radical (unpaired) electrons. The van der Waals surface area contributed by atoms with Crippen LogP contribution in [0.4, 0.5) is 0 Å². The second kappa shape index (κ2) is 7.81. The van der Waals surface area contributed by atoms with Gasteiger partial charge in [-0.1, -0.05) is 25.4 Å². The van der Waals surface area contributed by atoms with Crippen LogP contribution in [-0.4, -0.2) is 42.2 Å². The van der Waals surface area contributed by atoms with Gasteiger partial charge >= 0.3 is 0 Å². The Bertz CT molecular complexity index is 420. The van der Waals surface area contributed by atoms with Crippen LogP contribution in [-0.2, 0) is 6.54 Å². The summed E-state index contributed by atoms with van der Waals surface area (Å²) in [5.74, 6) is 0.661. The molecule has 0 bridgehead atoms. The van der Waals surface area contributed by atoms with E-state index in [-0.39, 0.29) is 0 Å². The van der Waals surface area contributed by atoms with Crippen LogP contribution in [0.1, 0.15) is 32.3 Å². The van der Waals surface area contributed by atoms with Crippen LogP contribution < -0.4 is 10.1 Å². The number of nitrogens with one attached hydrogen (secondary N) is 1. The number of nitrogens with zero attached hydrogens (tertiary/aromatic N) is 2. The van der Waals surface area contributed by atoms with Crippen molar-refractivity contribution in [3.8, 4) is 5.88 Å². The molecular weight excluding hydrogens is 274 g/mol. The molecule has 0 aliphatic heterocycles. The third-order valence-corrected chi connectivity index (χ3v) is 3.96. The number of aromatic nitrogens is 1. The molecule has 0 amide bonds. The fraction of sp³-hybridized carbons (Fsp3) is 0.667. The molecule has 0 spiro atoms. The molecule has 1 aliphatic carbocycles. The Kier molecular flexibility index (Phi) is 6.07. The second-order valence-corrected chi connectivity index (χ2v) is 5.55. The number of pyridine rings is 1. The average molecular weight is 298 g/mol. The lowest BCUT2D eigenvalue weighted by Crippen LogP contribution is -2.28. The minimum absolute atomic E-state index is 0.659. The van der Waals surface area contributed by atoms with Crippen LogP contribution in [0.25, 0.3) is 0 Å². The first-order chi connectivity index (χ1) is 9.72. The highest BCUT2D eigenvalue weighted by atomic mass is 35.5. The molecule has 1 saturated carbocycles. The fourth-order valence-electron chi connectivity index (χ4n) is 2.03. The molecule has 1 heterocycles. The molecule has 1 aromatic rings. The maximum atomic E-state index is 6.16. The van der Waals surface area contributed by atoms with Crippen LogP contribution in [0.2, 0.25) is 5.02 Å². The average Bonchev–Trinajstić information content (AvgIpc) is 3.28. The van der Waals surface area contributed by atoms with Crippen LogP contribution >= 0.6 is 11.6 Å². The summed E-state index contributed by atoms with van der Waals surface area (Å²) in [6.07, 6.45) is 4.23. The predicted molar refractivity (Wildman–Crippen MR) is 82.4 cm³/mol. The van der Waals surface area contributed by atoms with Crippen molar-refractivity contribution in [2.24, 2.45) is 0 Å².